The van der Waals surface area contributed by atoms with E-state index in [1.165, 1.54) is 18.5 Å². The van der Waals surface area contributed by atoms with Crippen LogP contribution in [0, 0.1) is 0 Å². The van der Waals surface area contributed by atoms with Crippen LogP contribution in [0.2, 0.25) is 0 Å². The molecular weight excluding hydrogens is 264 g/mol. The van der Waals surface area contributed by atoms with Gasteiger partial charge >= 0.3 is 0 Å². The van der Waals surface area contributed by atoms with Gasteiger partial charge < -0.3 is 19.7 Å². The molecule has 0 radical (unpaired) electrons. The van der Waals surface area contributed by atoms with Gasteiger partial charge in [-0.05, 0) is 31.5 Å². The molecule has 1 heterocycles. The zero-order valence-electron chi connectivity index (χ0n) is 13.1. The summed E-state index contributed by atoms with van der Waals surface area (Å²) in [4.78, 5) is 2.55. The van der Waals surface area contributed by atoms with Gasteiger partial charge in [0.1, 0.15) is 0 Å². The lowest BCUT2D eigenvalue weighted by Crippen LogP contribution is -2.32. The van der Waals surface area contributed by atoms with Crippen LogP contribution in [0.4, 0.5) is 0 Å². The number of hydrogen-bond donors (Lipinski definition) is 1. The van der Waals surface area contributed by atoms with E-state index < -0.39 is 0 Å². The molecule has 1 aliphatic heterocycles. The molecule has 1 aromatic rings. The van der Waals surface area contributed by atoms with Crippen molar-refractivity contribution in [2.75, 3.05) is 53.1 Å². The SMILES string of the molecule is COCCOCCCN1CCCNC(c2ccccc2)C1. The number of methoxy groups -OCH3 is 1. The molecule has 1 aliphatic rings. The number of nitrogens with zero attached hydrogens (tertiary/aromatic N) is 1. The average molecular weight is 292 g/mol. The molecule has 1 N–H and O–H groups in total. The van der Waals surface area contributed by atoms with Gasteiger partial charge in [0.05, 0.1) is 13.2 Å². The van der Waals surface area contributed by atoms with E-state index in [1.54, 1.807) is 7.11 Å². The summed E-state index contributed by atoms with van der Waals surface area (Å²) in [6, 6.07) is 11.2. The molecule has 1 saturated heterocycles. The molecule has 4 heteroatoms. The maximum atomic E-state index is 5.54. The highest BCUT2D eigenvalue weighted by Gasteiger charge is 2.18. The van der Waals surface area contributed by atoms with E-state index in [4.69, 9.17) is 9.47 Å². The molecule has 1 atom stereocenters. The number of hydrogen-bond acceptors (Lipinski definition) is 4. The maximum absolute atomic E-state index is 5.54. The molecular formula is C17H28N2O2. The molecule has 4 nitrogen and oxygen atoms in total. The fourth-order valence-corrected chi connectivity index (χ4v) is 2.74. The third kappa shape index (κ3) is 6.14. The Morgan fingerprint density at radius 1 is 1.19 bits per heavy atom. The number of benzene rings is 1. The van der Waals surface area contributed by atoms with Crippen LogP contribution in [0.1, 0.15) is 24.4 Å². The Kier molecular flexibility index (Phi) is 7.75. The van der Waals surface area contributed by atoms with Gasteiger partial charge in [0.15, 0.2) is 0 Å². The summed E-state index contributed by atoms with van der Waals surface area (Å²) in [7, 11) is 1.71. The van der Waals surface area contributed by atoms with Gasteiger partial charge in [0.2, 0.25) is 0 Å². The summed E-state index contributed by atoms with van der Waals surface area (Å²) >= 11 is 0. The monoisotopic (exact) mass is 292 g/mol. The molecule has 0 amide bonds. The van der Waals surface area contributed by atoms with Gasteiger partial charge in [-0.2, -0.15) is 0 Å². The van der Waals surface area contributed by atoms with E-state index >= 15 is 0 Å². The summed E-state index contributed by atoms with van der Waals surface area (Å²) in [6.07, 6.45) is 2.30. The number of rotatable bonds is 8. The highest BCUT2D eigenvalue weighted by Crippen LogP contribution is 2.16. The topological polar surface area (TPSA) is 33.7 Å². The van der Waals surface area contributed by atoms with Crippen molar-refractivity contribution >= 4 is 0 Å². The Morgan fingerprint density at radius 3 is 2.86 bits per heavy atom. The van der Waals surface area contributed by atoms with Crippen molar-refractivity contribution in [2.24, 2.45) is 0 Å². The van der Waals surface area contributed by atoms with Crippen LogP contribution in [0.5, 0.6) is 0 Å². The van der Waals surface area contributed by atoms with Crippen LogP contribution >= 0.6 is 0 Å². The molecule has 0 aliphatic carbocycles. The highest BCUT2D eigenvalue weighted by molar-refractivity contribution is 5.19. The summed E-state index contributed by atoms with van der Waals surface area (Å²) in [5.41, 5.74) is 1.39. The van der Waals surface area contributed by atoms with Crippen molar-refractivity contribution in [3.05, 3.63) is 35.9 Å². The van der Waals surface area contributed by atoms with Crippen molar-refractivity contribution in [1.82, 2.24) is 10.2 Å². The van der Waals surface area contributed by atoms with Crippen LogP contribution in [-0.4, -0.2) is 58.0 Å². The average Bonchev–Trinajstić information content (AvgIpc) is 2.77. The van der Waals surface area contributed by atoms with Crippen LogP contribution < -0.4 is 5.32 Å². The second kappa shape index (κ2) is 9.90. The second-order valence-electron chi connectivity index (χ2n) is 5.53. The molecule has 0 saturated carbocycles. The quantitative estimate of drug-likeness (QED) is 0.744. The summed E-state index contributed by atoms with van der Waals surface area (Å²) in [5, 5.41) is 3.66. The highest BCUT2D eigenvalue weighted by atomic mass is 16.5. The normalized spacial score (nSPS) is 20.3. The zero-order valence-corrected chi connectivity index (χ0v) is 13.1. The zero-order chi connectivity index (χ0) is 14.8. The molecule has 2 rings (SSSR count). The summed E-state index contributed by atoms with van der Waals surface area (Å²) < 4.78 is 10.5. The molecule has 118 valence electrons. The Bertz CT molecular complexity index is 372. The van der Waals surface area contributed by atoms with Gasteiger partial charge in [0.25, 0.3) is 0 Å². The Labute approximate surface area is 128 Å². The van der Waals surface area contributed by atoms with E-state index in [9.17, 15) is 0 Å². The van der Waals surface area contributed by atoms with Crippen molar-refractivity contribution in [3.63, 3.8) is 0 Å². The standard InChI is InChI=1S/C17H28N2O2/c1-20-13-14-21-12-6-11-19-10-5-9-18-17(15-19)16-7-3-2-4-8-16/h2-4,7-8,17-18H,5-6,9-15H2,1H3. The van der Waals surface area contributed by atoms with Gasteiger partial charge in [-0.15, -0.1) is 0 Å². The third-order valence-electron chi connectivity index (χ3n) is 3.88. The molecule has 1 aromatic carbocycles. The molecule has 0 aromatic heterocycles. The first kappa shape index (κ1) is 16.4. The third-order valence-corrected chi connectivity index (χ3v) is 3.88. The lowest BCUT2D eigenvalue weighted by atomic mass is 10.1. The number of nitrogens with one attached hydrogen (secondary N) is 1. The molecule has 1 fully saturated rings. The first-order chi connectivity index (χ1) is 10.4. The minimum absolute atomic E-state index is 0.447. The van der Waals surface area contributed by atoms with Crippen molar-refractivity contribution in [3.8, 4) is 0 Å². The van der Waals surface area contributed by atoms with E-state index in [0.29, 0.717) is 19.3 Å². The summed E-state index contributed by atoms with van der Waals surface area (Å²) in [6.45, 7) is 6.67. The first-order valence-electron chi connectivity index (χ1n) is 7.97. The molecule has 21 heavy (non-hydrogen) atoms. The van der Waals surface area contributed by atoms with Gasteiger partial charge in [-0.25, -0.2) is 0 Å². The van der Waals surface area contributed by atoms with E-state index in [1.807, 2.05) is 0 Å². The van der Waals surface area contributed by atoms with E-state index in [-0.39, 0.29) is 0 Å². The van der Waals surface area contributed by atoms with Crippen LogP contribution in [0.3, 0.4) is 0 Å². The fourth-order valence-electron chi connectivity index (χ4n) is 2.74. The lowest BCUT2D eigenvalue weighted by molar-refractivity contribution is 0.0651. The summed E-state index contributed by atoms with van der Waals surface area (Å²) in [5.74, 6) is 0. The van der Waals surface area contributed by atoms with Crippen LogP contribution in [0.15, 0.2) is 30.3 Å². The largest absolute Gasteiger partial charge is 0.382 e. The van der Waals surface area contributed by atoms with Crippen molar-refractivity contribution in [2.45, 2.75) is 18.9 Å². The molecule has 1 unspecified atom stereocenters. The Morgan fingerprint density at radius 2 is 2.05 bits per heavy atom. The molecule has 0 bridgehead atoms. The fraction of sp³-hybridized carbons (Fsp3) is 0.647. The number of ether oxygens (including phenoxy) is 2. The minimum atomic E-state index is 0.447. The Hall–Kier alpha value is -0.940. The van der Waals surface area contributed by atoms with E-state index in [2.05, 4.69) is 40.5 Å². The van der Waals surface area contributed by atoms with Crippen molar-refractivity contribution in [1.29, 1.82) is 0 Å². The first-order valence-corrected chi connectivity index (χ1v) is 7.97. The predicted molar refractivity (Wildman–Crippen MR) is 85.6 cm³/mol. The van der Waals surface area contributed by atoms with E-state index in [0.717, 1.165) is 32.7 Å². The molecule has 0 spiro atoms. The lowest BCUT2D eigenvalue weighted by Gasteiger charge is -2.24. The van der Waals surface area contributed by atoms with Gasteiger partial charge in [0, 0.05) is 32.8 Å². The smallest absolute Gasteiger partial charge is 0.0700 e. The van der Waals surface area contributed by atoms with Gasteiger partial charge in [-0.3, -0.25) is 0 Å². The van der Waals surface area contributed by atoms with Crippen LogP contribution in [-0.2, 0) is 9.47 Å². The maximum Gasteiger partial charge on any atom is 0.0700 e. The van der Waals surface area contributed by atoms with Gasteiger partial charge in [-0.1, -0.05) is 30.3 Å². The minimum Gasteiger partial charge on any atom is -0.382 e. The van der Waals surface area contributed by atoms with Crippen LogP contribution in [0.25, 0.3) is 0 Å². The van der Waals surface area contributed by atoms with Crippen molar-refractivity contribution < 1.29 is 9.47 Å². The Balaban J connectivity index is 1.72. The second-order valence-corrected chi connectivity index (χ2v) is 5.53. The predicted octanol–water partition coefficient (Wildman–Crippen LogP) is 2.08.